The Morgan fingerprint density at radius 2 is 2.29 bits per heavy atom. The number of halogens is 1. The SMILES string of the molecule is O=C(O)[C@@H]1[C@H]2Cc3cc(F)ccc3[C@H]21. The van der Waals surface area contributed by atoms with Gasteiger partial charge in [0.15, 0.2) is 0 Å². The first-order valence-electron chi connectivity index (χ1n) is 4.69. The van der Waals surface area contributed by atoms with Crippen molar-refractivity contribution in [3.8, 4) is 0 Å². The first-order valence-corrected chi connectivity index (χ1v) is 4.69. The molecule has 1 N–H and O–H groups in total. The van der Waals surface area contributed by atoms with Crippen molar-refractivity contribution in [2.45, 2.75) is 12.3 Å². The van der Waals surface area contributed by atoms with E-state index in [9.17, 15) is 9.18 Å². The monoisotopic (exact) mass is 192 g/mol. The number of hydrogen-bond donors (Lipinski definition) is 1. The zero-order chi connectivity index (χ0) is 9.87. The van der Waals surface area contributed by atoms with Gasteiger partial charge < -0.3 is 5.11 Å². The molecule has 3 atom stereocenters. The second kappa shape index (κ2) is 2.35. The molecule has 0 amide bonds. The highest BCUT2D eigenvalue weighted by Crippen LogP contribution is 2.61. The second-order valence-electron chi connectivity index (χ2n) is 4.10. The Balaban J connectivity index is 1.99. The molecule has 1 fully saturated rings. The van der Waals surface area contributed by atoms with E-state index in [2.05, 4.69) is 0 Å². The maximum absolute atomic E-state index is 12.8. The Labute approximate surface area is 80.4 Å². The first-order chi connectivity index (χ1) is 6.68. The average molecular weight is 192 g/mol. The van der Waals surface area contributed by atoms with Gasteiger partial charge in [0.2, 0.25) is 0 Å². The third-order valence-electron chi connectivity index (χ3n) is 3.37. The minimum absolute atomic E-state index is 0.156. The molecule has 0 radical (unpaired) electrons. The quantitative estimate of drug-likeness (QED) is 0.736. The van der Waals surface area contributed by atoms with Crippen LogP contribution >= 0.6 is 0 Å². The lowest BCUT2D eigenvalue weighted by Crippen LogP contribution is -2.05. The van der Waals surface area contributed by atoms with Crippen LogP contribution < -0.4 is 0 Å². The topological polar surface area (TPSA) is 37.3 Å². The summed E-state index contributed by atoms with van der Waals surface area (Å²) in [6, 6.07) is 4.68. The van der Waals surface area contributed by atoms with Gasteiger partial charge >= 0.3 is 5.97 Å². The van der Waals surface area contributed by atoms with Crippen LogP contribution in [0.25, 0.3) is 0 Å². The van der Waals surface area contributed by atoms with Crippen LogP contribution in [0.3, 0.4) is 0 Å². The number of aliphatic carboxylic acids is 1. The zero-order valence-corrected chi connectivity index (χ0v) is 7.40. The Bertz CT molecular complexity index is 427. The van der Waals surface area contributed by atoms with Crippen LogP contribution in [0.1, 0.15) is 17.0 Å². The van der Waals surface area contributed by atoms with Gasteiger partial charge in [-0.3, -0.25) is 4.79 Å². The highest BCUT2D eigenvalue weighted by atomic mass is 19.1. The predicted octanol–water partition coefficient (Wildman–Crippen LogP) is 1.80. The molecule has 0 heterocycles. The van der Waals surface area contributed by atoms with E-state index < -0.39 is 5.97 Å². The smallest absolute Gasteiger partial charge is 0.307 e. The minimum atomic E-state index is -0.713. The van der Waals surface area contributed by atoms with E-state index in [4.69, 9.17) is 5.11 Å². The van der Waals surface area contributed by atoms with Crippen molar-refractivity contribution in [1.82, 2.24) is 0 Å². The van der Waals surface area contributed by atoms with E-state index >= 15 is 0 Å². The molecule has 1 aromatic carbocycles. The Kier molecular flexibility index (Phi) is 1.34. The second-order valence-corrected chi connectivity index (χ2v) is 4.10. The van der Waals surface area contributed by atoms with Gasteiger partial charge in [-0.15, -0.1) is 0 Å². The number of hydrogen-bond acceptors (Lipinski definition) is 1. The number of rotatable bonds is 1. The molecule has 0 unspecified atom stereocenters. The molecule has 1 aromatic rings. The maximum atomic E-state index is 12.8. The lowest BCUT2D eigenvalue weighted by atomic mass is 10.0. The molecule has 0 aliphatic heterocycles. The third-order valence-corrected chi connectivity index (χ3v) is 3.37. The summed E-state index contributed by atoms with van der Waals surface area (Å²) >= 11 is 0. The van der Waals surface area contributed by atoms with E-state index in [1.165, 1.54) is 12.1 Å². The lowest BCUT2D eigenvalue weighted by molar-refractivity contribution is -0.139. The van der Waals surface area contributed by atoms with Gasteiger partial charge in [0.1, 0.15) is 5.82 Å². The van der Waals surface area contributed by atoms with E-state index in [1.54, 1.807) is 6.07 Å². The molecule has 2 aliphatic carbocycles. The van der Waals surface area contributed by atoms with Gasteiger partial charge in [-0.05, 0) is 35.6 Å². The highest BCUT2D eigenvalue weighted by molar-refractivity contribution is 5.77. The summed E-state index contributed by atoms with van der Waals surface area (Å²) in [5, 5.41) is 8.87. The molecule has 3 rings (SSSR count). The fraction of sp³-hybridized carbons (Fsp3) is 0.364. The van der Waals surface area contributed by atoms with Crippen molar-refractivity contribution < 1.29 is 14.3 Å². The Morgan fingerprint density at radius 3 is 3.00 bits per heavy atom. The summed E-state index contributed by atoms with van der Waals surface area (Å²) in [5.41, 5.74) is 2.04. The predicted molar refractivity (Wildman–Crippen MR) is 47.5 cm³/mol. The highest BCUT2D eigenvalue weighted by Gasteiger charge is 2.59. The largest absolute Gasteiger partial charge is 0.481 e. The summed E-state index contributed by atoms with van der Waals surface area (Å²) in [4.78, 5) is 10.8. The van der Waals surface area contributed by atoms with Crippen LogP contribution in [0.2, 0.25) is 0 Å². The van der Waals surface area contributed by atoms with Gasteiger partial charge in [-0.1, -0.05) is 6.07 Å². The van der Waals surface area contributed by atoms with Crippen molar-refractivity contribution in [3.63, 3.8) is 0 Å². The van der Waals surface area contributed by atoms with E-state index in [0.29, 0.717) is 0 Å². The van der Waals surface area contributed by atoms with Gasteiger partial charge in [-0.25, -0.2) is 4.39 Å². The van der Waals surface area contributed by atoms with Crippen LogP contribution in [-0.4, -0.2) is 11.1 Å². The minimum Gasteiger partial charge on any atom is -0.481 e. The summed E-state index contributed by atoms with van der Waals surface area (Å²) in [7, 11) is 0. The van der Waals surface area contributed by atoms with Gasteiger partial charge in [0.05, 0.1) is 5.92 Å². The maximum Gasteiger partial charge on any atom is 0.307 e. The summed E-state index contributed by atoms with van der Waals surface area (Å²) in [5.74, 6) is -0.771. The number of carboxylic acid groups (broad SMARTS) is 1. The van der Waals surface area contributed by atoms with Crippen LogP contribution in [0.5, 0.6) is 0 Å². The molecule has 0 saturated heterocycles. The number of fused-ring (bicyclic) bond motifs is 3. The van der Waals surface area contributed by atoms with E-state index in [0.717, 1.165) is 17.5 Å². The molecular weight excluding hydrogens is 183 g/mol. The van der Waals surface area contributed by atoms with Crippen LogP contribution in [0.15, 0.2) is 18.2 Å². The molecular formula is C11H9FO2. The van der Waals surface area contributed by atoms with E-state index in [1.807, 2.05) is 0 Å². The average Bonchev–Trinajstić information content (AvgIpc) is 2.70. The summed E-state index contributed by atoms with van der Waals surface area (Å²) in [6.07, 6.45) is 0.731. The van der Waals surface area contributed by atoms with Gasteiger partial charge in [0.25, 0.3) is 0 Å². The first kappa shape index (κ1) is 7.97. The van der Waals surface area contributed by atoms with Crippen LogP contribution in [0, 0.1) is 17.7 Å². The van der Waals surface area contributed by atoms with Crippen molar-refractivity contribution in [1.29, 1.82) is 0 Å². The molecule has 3 heteroatoms. The number of carbonyl (C=O) groups is 1. The Morgan fingerprint density at radius 1 is 1.50 bits per heavy atom. The van der Waals surface area contributed by atoms with Gasteiger partial charge in [0, 0.05) is 5.92 Å². The molecule has 0 aromatic heterocycles. The molecule has 2 nitrogen and oxygen atoms in total. The number of carboxylic acids is 1. The van der Waals surface area contributed by atoms with Crippen LogP contribution in [-0.2, 0) is 11.2 Å². The molecule has 14 heavy (non-hydrogen) atoms. The molecule has 0 spiro atoms. The van der Waals surface area contributed by atoms with Crippen molar-refractivity contribution in [2.24, 2.45) is 11.8 Å². The lowest BCUT2D eigenvalue weighted by Gasteiger charge is -2.04. The van der Waals surface area contributed by atoms with Crippen LogP contribution in [0.4, 0.5) is 4.39 Å². The third kappa shape index (κ3) is 0.870. The zero-order valence-electron chi connectivity index (χ0n) is 7.40. The summed E-state index contributed by atoms with van der Waals surface area (Å²) < 4.78 is 12.8. The van der Waals surface area contributed by atoms with Gasteiger partial charge in [-0.2, -0.15) is 0 Å². The van der Waals surface area contributed by atoms with E-state index in [-0.39, 0.29) is 23.6 Å². The molecule has 0 bridgehead atoms. The molecule has 2 aliphatic rings. The fourth-order valence-corrected chi connectivity index (χ4v) is 2.72. The summed E-state index contributed by atoms with van der Waals surface area (Å²) in [6.45, 7) is 0. The molecule has 1 saturated carbocycles. The van der Waals surface area contributed by atoms with Crippen molar-refractivity contribution in [2.75, 3.05) is 0 Å². The fourth-order valence-electron chi connectivity index (χ4n) is 2.72. The standard InChI is InChI=1S/C11H9FO2/c12-6-1-2-7-5(3-6)4-8-9(7)10(8)11(13)14/h1-3,8-10H,4H2,(H,13,14)/t8-,9+,10+/m0/s1. The number of benzene rings is 1. The Hall–Kier alpha value is -1.38. The normalized spacial score (nSPS) is 32.2. The van der Waals surface area contributed by atoms with Crippen molar-refractivity contribution >= 4 is 5.97 Å². The molecule has 72 valence electrons. The van der Waals surface area contributed by atoms with Crippen molar-refractivity contribution in [3.05, 3.63) is 35.1 Å².